The Balaban J connectivity index is 1.75. The van der Waals surface area contributed by atoms with Gasteiger partial charge in [-0.1, -0.05) is 20.8 Å². The monoisotopic (exact) mass is 267 g/mol. The molecule has 0 saturated heterocycles. The summed E-state index contributed by atoms with van der Waals surface area (Å²) in [5.41, 5.74) is 0.262. The minimum atomic E-state index is -0.0500. The molecule has 102 valence electrons. The summed E-state index contributed by atoms with van der Waals surface area (Å²) in [5.74, 6) is 0.669. The van der Waals surface area contributed by atoms with Gasteiger partial charge in [-0.2, -0.15) is 0 Å². The first kappa shape index (κ1) is 14.0. The molecule has 2 unspecified atom stereocenters. The van der Waals surface area contributed by atoms with Crippen LogP contribution >= 0.6 is 11.3 Å². The van der Waals surface area contributed by atoms with E-state index in [0.29, 0.717) is 5.92 Å². The van der Waals surface area contributed by atoms with E-state index in [1.807, 2.05) is 11.3 Å². The Kier molecular flexibility index (Phi) is 4.46. The van der Waals surface area contributed by atoms with E-state index in [1.165, 1.54) is 16.2 Å². The van der Waals surface area contributed by atoms with Crippen LogP contribution in [0.1, 0.15) is 49.8 Å². The topological polar surface area (TPSA) is 32.3 Å². The molecule has 1 aromatic rings. The smallest absolute Gasteiger partial charge is 0.0543 e. The molecule has 18 heavy (non-hydrogen) atoms. The molecule has 1 saturated carbocycles. The summed E-state index contributed by atoms with van der Waals surface area (Å²) < 4.78 is 0. The van der Waals surface area contributed by atoms with Crippen LogP contribution in [0, 0.1) is 5.92 Å². The summed E-state index contributed by atoms with van der Waals surface area (Å²) in [5, 5.41) is 13.0. The summed E-state index contributed by atoms with van der Waals surface area (Å²) in [7, 11) is 0. The van der Waals surface area contributed by atoms with Crippen molar-refractivity contribution in [1.82, 2.24) is 5.32 Å². The van der Waals surface area contributed by atoms with Gasteiger partial charge < -0.3 is 10.4 Å². The lowest BCUT2D eigenvalue weighted by molar-refractivity contribution is 0.177. The molecule has 1 aromatic heterocycles. The molecule has 2 rings (SSSR count). The number of nitrogens with one attached hydrogen (secondary N) is 1. The maximum atomic E-state index is 9.48. The lowest BCUT2D eigenvalue weighted by atomic mass is 9.95. The third kappa shape index (κ3) is 3.81. The molecule has 0 spiro atoms. The molecule has 2 atom stereocenters. The first-order valence-corrected chi connectivity index (χ1v) is 7.75. The van der Waals surface area contributed by atoms with Crippen molar-refractivity contribution in [1.29, 1.82) is 0 Å². The number of thiophene rings is 1. The molecule has 2 nitrogen and oxygen atoms in total. The van der Waals surface area contributed by atoms with Crippen molar-refractivity contribution in [2.24, 2.45) is 5.92 Å². The number of hydrogen-bond donors (Lipinski definition) is 2. The molecule has 3 heteroatoms. The van der Waals surface area contributed by atoms with Gasteiger partial charge in [0, 0.05) is 16.3 Å². The van der Waals surface area contributed by atoms with Crippen molar-refractivity contribution < 1.29 is 5.11 Å². The van der Waals surface area contributed by atoms with Crippen LogP contribution in [0.15, 0.2) is 12.1 Å². The Hall–Kier alpha value is -0.380. The second-order valence-electron chi connectivity index (χ2n) is 6.48. The zero-order chi connectivity index (χ0) is 13.2. The first-order chi connectivity index (χ1) is 8.45. The zero-order valence-electron chi connectivity index (χ0n) is 11.7. The van der Waals surface area contributed by atoms with Gasteiger partial charge in [0.1, 0.15) is 0 Å². The van der Waals surface area contributed by atoms with E-state index in [-0.39, 0.29) is 11.5 Å². The second-order valence-corrected chi connectivity index (χ2v) is 7.65. The van der Waals surface area contributed by atoms with Crippen LogP contribution in [-0.2, 0) is 12.0 Å². The summed E-state index contributed by atoms with van der Waals surface area (Å²) in [6.45, 7) is 8.79. The third-order valence-electron chi connectivity index (χ3n) is 3.65. The van der Waals surface area contributed by atoms with Crippen molar-refractivity contribution >= 4 is 11.3 Å². The number of aliphatic hydroxyl groups is 1. The predicted molar refractivity (Wildman–Crippen MR) is 78.1 cm³/mol. The number of aliphatic hydroxyl groups excluding tert-OH is 1. The fourth-order valence-corrected chi connectivity index (χ4v) is 3.54. The molecular weight excluding hydrogens is 242 g/mol. The molecule has 1 heterocycles. The van der Waals surface area contributed by atoms with Crippen LogP contribution < -0.4 is 5.32 Å². The lowest BCUT2D eigenvalue weighted by Crippen LogP contribution is -2.20. The highest BCUT2D eigenvalue weighted by Crippen LogP contribution is 2.29. The van der Waals surface area contributed by atoms with E-state index < -0.39 is 0 Å². The first-order valence-electron chi connectivity index (χ1n) is 6.93. The molecule has 0 bridgehead atoms. The fraction of sp³-hybridized carbons (Fsp3) is 0.733. The van der Waals surface area contributed by atoms with Crippen molar-refractivity contribution in [2.75, 3.05) is 6.54 Å². The van der Waals surface area contributed by atoms with E-state index in [9.17, 15) is 5.11 Å². The largest absolute Gasteiger partial charge is 0.393 e. The SMILES string of the molecule is CC(C)(C)c1ccc(CNCC2CCC(O)C2)s1. The molecule has 0 aromatic carbocycles. The van der Waals surface area contributed by atoms with Crippen molar-refractivity contribution in [3.63, 3.8) is 0 Å². The minimum absolute atomic E-state index is 0.0500. The molecule has 0 amide bonds. The maximum Gasteiger partial charge on any atom is 0.0543 e. The molecule has 1 aliphatic rings. The second kappa shape index (κ2) is 5.72. The van der Waals surface area contributed by atoms with Gasteiger partial charge in [-0.05, 0) is 49.3 Å². The van der Waals surface area contributed by atoms with Crippen LogP contribution in [0.3, 0.4) is 0 Å². The zero-order valence-corrected chi connectivity index (χ0v) is 12.5. The van der Waals surface area contributed by atoms with Crippen LogP contribution in [0.25, 0.3) is 0 Å². The van der Waals surface area contributed by atoms with Gasteiger partial charge in [0.05, 0.1) is 6.10 Å². The van der Waals surface area contributed by atoms with Crippen LogP contribution in [0.4, 0.5) is 0 Å². The van der Waals surface area contributed by atoms with Crippen LogP contribution in [0.5, 0.6) is 0 Å². The van der Waals surface area contributed by atoms with Gasteiger partial charge >= 0.3 is 0 Å². The van der Waals surface area contributed by atoms with Gasteiger partial charge in [0.15, 0.2) is 0 Å². The summed E-state index contributed by atoms with van der Waals surface area (Å²) in [4.78, 5) is 2.87. The lowest BCUT2D eigenvalue weighted by Gasteiger charge is -2.15. The van der Waals surface area contributed by atoms with Crippen molar-refractivity contribution in [3.8, 4) is 0 Å². The van der Waals surface area contributed by atoms with Gasteiger partial charge in [-0.25, -0.2) is 0 Å². The van der Waals surface area contributed by atoms with E-state index in [1.54, 1.807) is 0 Å². The van der Waals surface area contributed by atoms with E-state index in [2.05, 4.69) is 38.2 Å². The van der Waals surface area contributed by atoms with Crippen LogP contribution in [0.2, 0.25) is 0 Å². The minimum Gasteiger partial charge on any atom is -0.393 e. The van der Waals surface area contributed by atoms with E-state index >= 15 is 0 Å². The molecule has 1 fully saturated rings. The molecule has 0 aliphatic heterocycles. The highest BCUT2D eigenvalue weighted by atomic mass is 32.1. The Bertz CT molecular complexity index is 380. The quantitative estimate of drug-likeness (QED) is 0.877. The van der Waals surface area contributed by atoms with Gasteiger partial charge in [0.25, 0.3) is 0 Å². The van der Waals surface area contributed by atoms with Gasteiger partial charge in [0.2, 0.25) is 0 Å². The Morgan fingerprint density at radius 1 is 1.33 bits per heavy atom. The average molecular weight is 267 g/mol. The standard InChI is InChI=1S/C15H25NOS/c1-15(2,3)14-7-6-13(18-14)10-16-9-11-4-5-12(17)8-11/h6-7,11-12,16-17H,4-5,8-10H2,1-3H3. The average Bonchev–Trinajstić information content (AvgIpc) is 2.87. The third-order valence-corrected chi connectivity index (χ3v) is 5.16. The molecule has 1 aliphatic carbocycles. The highest BCUT2D eigenvalue weighted by molar-refractivity contribution is 7.12. The molecular formula is C15H25NOS. The number of hydrogen-bond acceptors (Lipinski definition) is 3. The Labute approximate surface area is 114 Å². The summed E-state index contributed by atoms with van der Waals surface area (Å²) in [6.07, 6.45) is 3.08. The maximum absolute atomic E-state index is 9.48. The summed E-state index contributed by atoms with van der Waals surface area (Å²) in [6, 6.07) is 4.49. The normalized spacial score (nSPS) is 24.7. The van der Waals surface area contributed by atoms with E-state index in [0.717, 1.165) is 25.9 Å². The Morgan fingerprint density at radius 2 is 2.11 bits per heavy atom. The van der Waals surface area contributed by atoms with Crippen molar-refractivity contribution in [3.05, 3.63) is 21.9 Å². The van der Waals surface area contributed by atoms with Gasteiger partial charge in [-0.3, -0.25) is 0 Å². The van der Waals surface area contributed by atoms with Gasteiger partial charge in [-0.15, -0.1) is 11.3 Å². The highest BCUT2D eigenvalue weighted by Gasteiger charge is 2.22. The van der Waals surface area contributed by atoms with Crippen molar-refractivity contribution in [2.45, 2.75) is 58.1 Å². The Morgan fingerprint density at radius 3 is 2.67 bits per heavy atom. The van der Waals surface area contributed by atoms with Crippen LogP contribution in [-0.4, -0.2) is 17.8 Å². The molecule has 2 N–H and O–H groups in total. The van der Waals surface area contributed by atoms with E-state index in [4.69, 9.17) is 0 Å². The number of rotatable bonds is 4. The fourth-order valence-electron chi connectivity index (χ4n) is 2.51. The predicted octanol–water partition coefficient (Wildman–Crippen LogP) is 3.30. The molecule has 0 radical (unpaired) electrons. The summed E-state index contributed by atoms with van der Waals surface area (Å²) >= 11 is 1.91.